The van der Waals surface area contributed by atoms with E-state index in [0.717, 1.165) is 41.1 Å². The molecule has 2 unspecified atom stereocenters. The highest BCUT2D eigenvalue weighted by Crippen LogP contribution is 2.46. The summed E-state index contributed by atoms with van der Waals surface area (Å²) in [6.07, 6.45) is -1.32. The summed E-state index contributed by atoms with van der Waals surface area (Å²) in [5.41, 5.74) is -1.40. The minimum atomic E-state index is -4.87. The Morgan fingerprint density at radius 2 is 1.70 bits per heavy atom. The average Bonchev–Trinajstić information content (AvgIpc) is 3.75. The van der Waals surface area contributed by atoms with E-state index < -0.39 is 63.8 Å². The number of unbranched alkanes of at least 4 members (excludes halogenated alkanes) is 2. The van der Waals surface area contributed by atoms with Crippen molar-refractivity contribution in [2.45, 2.75) is 56.8 Å². The van der Waals surface area contributed by atoms with E-state index in [0.29, 0.717) is 41.6 Å². The summed E-state index contributed by atoms with van der Waals surface area (Å²) in [7, 11) is 1.77. The number of aryl methyl sites for hydroxylation is 1. The van der Waals surface area contributed by atoms with Gasteiger partial charge in [-0.1, -0.05) is 12.1 Å². The Kier molecular flexibility index (Phi) is 11.4. The molecule has 20 heteroatoms. The maximum Gasteiger partial charge on any atom is 0.417 e. The number of amides is 2. The van der Waals surface area contributed by atoms with Gasteiger partial charge in [-0.25, -0.2) is 18.9 Å². The number of aromatic amines is 1. The van der Waals surface area contributed by atoms with Crippen LogP contribution in [-0.4, -0.2) is 60.5 Å². The van der Waals surface area contributed by atoms with Gasteiger partial charge < -0.3 is 20.9 Å². The minimum absolute atomic E-state index is 0.111. The number of rotatable bonds is 12. The lowest BCUT2D eigenvalue weighted by atomic mass is 9.83. The number of anilines is 4. The second kappa shape index (κ2) is 16.8. The fraction of sp³-hybridized carbons (Fsp3) is 0.273. The highest BCUT2D eigenvalue weighted by atomic mass is 32.1. The van der Waals surface area contributed by atoms with Crippen LogP contribution in [0, 0.1) is 23.0 Å². The molecule has 0 bridgehead atoms. The zero-order chi connectivity index (χ0) is 45.7. The van der Waals surface area contributed by atoms with Crippen LogP contribution in [0.5, 0.6) is 0 Å². The second-order valence-corrected chi connectivity index (χ2v) is 16.2. The molecule has 2 aromatic heterocycles. The van der Waals surface area contributed by atoms with E-state index in [1.807, 2.05) is 24.3 Å². The van der Waals surface area contributed by atoms with Crippen LogP contribution in [0.1, 0.15) is 83.6 Å². The van der Waals surface area contributed by atoms with Crippen molar-refractivity contribution in [2.24, 2.45) is 7.05 Å². The first-order valence-electron chi connectivity index (χ1n) is 20.0. The Balaban J connectivity index is 0.843. The number of alkyl halides is 3. The van der Waals surface area contributed by atoms with Crippen molar-refractivity contribution >= 4 is 62.7 Å². The minimum Gasteiger partial charge on any atom is -0.385 e. The van der Waals surface area contributed by atoms with Crippen LogP contribution < -0.4 is 31.3 Å². The van der Waals surface area contributed by atoms with Crippen LogP contribution in [0.3, 0.4) is 0 Å². The SMILES string of the molecule is Cn1ncnc1C1c2n[nH]c(=O)c3cc(F)cc(c23)NC1c1ccc(NCCCCCNC(=O)c2ccc(N3C(=S)N(c4ccc(C#N)c(C(F)(F)F)c4)C(=O)C3(C)C)cc2F)cc1. The van der Waals surface area contributed by atoms with Crippen molar-refractivity contribution in [3.05, 3.63) is 135 Å². The summed E-state index contributed by atoms with van der Waals surface area (Å²) in [6, 6.07) is 17.9. The van der Waals surface area contributed by atoms with Crippen LogP contribution in [0.4, 0.5) is 44.7 Å². The van der Waals surface area contributed by atoms with Gasteiger partial charge in [0.1, 0.15) is 29.3 Å². The number of thiocarbonyl (C=S) groups is 1. The van der Waals surface area contributed by atoms with Gasteiger partial charge >= 0.3 is 6.18 Å². The molecule has 1 saturated heterocycles. The summed E-state index contributed by atoms with van der Waals surface area (Å²) in [6.45, 7) is 3.88. The number of nitrogens with one attached hydrogen (secondary N) is 4. The molecule has 0 aliphatic carbocycles. The van der Waals surface area contributed by atoms with E-state index in [9.17, 15) is 37.2 Å². The first kappa shape index (κ1) is 43.4. The number of halogens is 5. The maximum absolute atomic E-state index is 15.5. The number of nitriles is 1. The third-order valence-electron chi connectivity index (χ3n) is 11.4. The van der Waals surface area contributed by atoms with E-state index in [-0.39, 0.29) is 34.0 Å². The monoisotopic (exact) mass is 895 g/mol. The molecule has 328 valence electrons. The molecule has 2 atom stereocenters. The number of nitrogens with zero attached hydrogens (tertiary/aromatic N) is 7. The predicted molar refractivity (Wildman–Crippen MR) is 232 cm³/mol. The zero-order valence-electron chi connectivity index (χ0n) is 34.3. The van der Waals surface area contributed by atoms with Gasteiger partial charge in [-0.2, -0.15) is 28.6 Å². The molecule has 1 fully saturated rings. The number of benzene rings is 4. The van der Waals surface area contributed by atoms with Gasteiger partial charge in [0.25, 0.3) is 17.4 Å². The summed E-state index contributed by atoms with van der Waals surface area (Å²) in [5.74, 6) is -2.63. The van der Waals surface area contributed by atoms with Crippen molar-refractivity contribution in [1.29, 1.82) is 5.26 Å². The van der Waals surface area contributed by atoms with Gasteiger partial charge in [-0.05, 0) is 112 Å². The number of carbonyl (C=O) groups is 2. The molecule has 2 aliphatic rings. The van der Waals surface area contributed by atoms with Crippen LogP contribution in [-0.2, 0) is 18.0 Å². The Labute approximate surface area is 367 Å². The average molecular weight is 896 g/mol. The van der Waals surface area contributed by atoms with Gasteiger partial charge in [0.15, 0.2) is 5.11 Å². The lowest BCUT2D eigenvalue weighted by Gasteiger charge is -2.33. The molecule has 2 aliphatic heterocycles. The molecule has 0 saturated carbocycles. The molecular formula is C44H38F5N11O3S. The molecule has 4 aromatic carbocycles. The molecule has 0 spiro atoms. The Bertz CT molecular complexity index is 2950. The fourth-order valence-corrected chi connectivity index (χ4v) is 8.74. The van der Waals surface area contributed by atoms with Gasteiger partial charge in [-0.15, -0.1) is 0 Å². The van der Waals surface area contributed by atoms with Gasteiger partial charge in [0.05, 0.1) is 51.5 Å². The summed E-state index contributed by atoms with van der Waals surface area (Å²) < 4.78 is 72.9. The summed E-state index contributed by atoms with van der Waals surface area (Å²) in [4.78, 5) is 45.8. The first-order valence-corrected chi connectivity index (χ1v) is 20.4. The van der Waals surface area contributed by atoms with Crippen molar-refractivity contribution in [1.82, 2.24) is 30.3 Å². The standard InChI is InChI=1S/C44H38F5N11O3S/c1-43(2)41(63)59(27-12-9-24(21-50)31(19-27)44(47,48)49)42(64)60(43)28-13-14-29(32(46)20-28)39(61)52-16-6-4-5-15-51-26-10-7-23(8-11-26)36-35(38-53-22-54-58(38)3)37-34-30(40(62)57-56-37)17-25(45)18-33(34)55-36/h7-14,17-20,22,35-36,51,55H,4-6,15-16H2,1-3H3,(H,52,61)(H,57,62). The molecule has 4 N–H and O–H groups in total. The number of carbonyl (C=O) groups excluding carboxylic acids is 2. The Morgan fingerprint density at radius 1 is 0.969 bits per heavy atom. The van der Waals surface area contributed by atoms with Crippen molar-refractivity contribution < 1.29 is 31.5 Å². The van der Waals surface area contributed by atoms with E-state index >= 15 is 4.39 Å². The zero-order valence-corrected chi connectivity index (χ0v) is 35.2. The van der Waals surface area contributed by atoms with Gasteiger partial charge in [-0.3, -0.25) is 24.0 Å². The smallest absolute Gasteiger partial charge is 0.385 e. The Morgan fingerprint density at radius 3 is 2.39 bits per heavy atom. The largest absolute Gasteiger partial charge is 0.417 e. The second-order valence-electron chi connectivity index (χ2n) is 15.8. The fourth-order valence-electron chi connectivity index (χ4n) is 8.22. The normalized spacial score (nSPS) is 16.8. The molecule has 14 nitrogen and oxygen atoms in total. The third kappa shape index (κ3) is 7.87. The van der Waals surface area contributed by atoms with Crippen molar-refractivity contribution in [3.63, 3.8) is 0 Å². The molecule has 0 radical (unpaired) electrons. The van der Waals surface area contributed by atoms with E-state index in [1.165, 1.54) is 61.5 Å². The van der Waals surface area contributed by atoms with E-state index in [2.05, 4.69) is 36.2 Å². The molecule has 6 aromatic rings. The van der Waals surface area contributed by atoms with E-state index in [1.54, 1.807) is 11.7 Å². The maximum atomic E-state index is 15.5. The van der Waals surface area contributed by atoms with Gasteiger partial charge in [0.2, 0.25) is 0 Å². The number of aromatic nitrogens is 5. The molecule has 64 heavy (non-hydrogen) atoms. The first-order chi connectivity index (χ1) is 30.5. The third-order valence-corrected chi connectivity index (χ3v) is 11.8. The highest BCUT2D eigenvalue weighted by Gasteiger charge is 2.51. The van der Waals surface area contributed by atoms with Crippen LogP contribution >= 0.6 is 12.2 Å². The Hall–Kier alpha value is -7.27. The van der Waals surface area contributed by atoms with Crippen molar-refractivity contribution in [3.8, 4) is 6.07 Å². The number of H-pyrrole nitrogens is 1. The molecule has 2 amide bonds. The topological polar surface area (TPSA) is 177 Å². The van der Waals surface area contributed by atoms with E-state index in [4.69, 9.17) is 12.2 Å². The predicted octanol–water partition coefficient (Wildman–Crippen LogP) is 7.45. The molecule has 8 rings (SSSR count). The van der Waals surface area contributed by atoms with Gasteiger partial charge in [0, 0.05) is 42.6 Å². The van der Waals surface area contributed by atoms with Crippen LogP contribution in [0.15, 0.2) is 83.9 Å². The lowest BCUT2D eigenvalue weighted by Crippen LogP contribution is -2.44. The van der Waals surface area contributed by atoms with Crippen LogP contribution in [0.25, 0.3) is 10.8 Å². The summed E-state index contributed by atoms with van der Waals surface area (Å²) >= 11 is 5.53. The molecular weight excluding hydrogens is 858 g/mol. The number of hydrogen-bond acceptors (Lipinski definition) is 10. The highest BCUT2D eigenvalue weighted by molar-refractivity contribution is 7.81. The number of hydrogen-bond donors (Lipinski definition) is 4. The lowest BCUT2D eigenvalue weighted by molar-refractivity contribution is -0.137. The quantitative estimate of drug-likeness (QED) is 0.0546. The van der Waals surface area contributed by atoms with Crippen LogP contribution in [0.2, 0.25) is 0 Å². The van der Waals surface area contributed by atoms with Crippen molar-refractivity contribution in [2.75, 3.05) is 33.5 Å². The molecule has 4 heterocycles. The summed E-state index contributed by atoms with van der Waals surface area (Å²) in [5, 5.41) is 30.4.